The van der Waals surface area contributed by atoms with Gasteiger partial charge in [0.15, 0.2) is 0 Å². The number of rotatable bonds is 5. The van der Waals surface area contributed by atoms with Crippen molar-refractivity contribution in [2.45, 2.75) is 37.9 Å². The van der Waals surface area contributed by atoms with Crippen LogP contribution < -0.4 is 0 Å². The fourth-order valence-electron chi connectivity index (χ4n) is 2.11. The highest BCUT2D eigenvalue weighted by molar-refractivity contribution is 7.98. The number of hydrogen-bond donors (Lipinski definition) is 0. The summed E-state index contributed by atoms with van der Waals surface area (Å²) in [4.78, 5) is 11.6. The van der Waals surface area contributed by atoms with E-state index < -0.39 is 0 Å². The SMILES string of the molecule is CSCCCOC(=O)C1CCC2OC2C1. The van der Waals surface area contributed by atoms with Crippen LogP contribution in [0.5, 0.6) is 0 Å². The van der Waals surface area contributed by atoms with Crippen LogP contribution in [0.2, 0.25) is 0 Å². The first kappa shape index (κ1) is 11.3. The second-order valence-electron chi connectivity index (χ2n) is 4.24. The molecular weight excluding hydrogens is 212 g/mol. The lowest BCUT2D eigenvalue weighted by molar-refractivity contribution is -0.149. The minimum atomic E-state index is -0.00921. The lowest BCUT2D eigenvalue weighted by Crippen LogP contribution is -2.24. The Balaban J connectivity index is 1.62. The van der Waals surface area contributed by atoms with Gasteiger partial charge in [-0.05, 0) is 37.7 Å². The summed E-state index contributed by atoms with van der Waals surface area (Å²) in [6.07, 6.45) is 6.72. The van der Waals surface area contributed by atoms with Gasteiger partial charge in [0.2, 0.25) is 0 Å². The zero-order chi connectivity index (χ0) is 10.7. The molecule has 1 heterocycles. The van der Waals surface area contributed by atoms with Crippen molar-refractivity contribution < 1.29 is 14.3 Å². The van der Waals surface area contributed by atoms with E-state index in [1.807, 2.05) is 0 Å². The Hall–Kier alpha value is -0.220. The smallest absolute Gasteiger partial charge is 0.309 e. The Bertz CT molecular complexity index is 232. The van der Waals surface area contributed by atoms with Crippen molar-refractivity contribution in [1.29, 1.82) is 0 Å². The summed E-state index contributed by atoms with van der Waals surface area (Å²) >= 11 is 1.78. The number of carbonyl (C=O) groups excluding carboxylic acids is 1. The molecule has 0 bridgehead atoms. The van der Waals surface area contributed by atoms with Crippen molar-refractivity contribution in [3.63, 3.8) is 0 Å². The van der Waals surface area contributed by atoms with Gasteiger partial charge in [-0.1, -0.05) is 0 Å². The summed E-state index contributed by atoms with van der Waals surface area (Å²) in [5.74, 6) is 1.15. The number of thioether (sulfide) groups is 1. The molecule has 3 atom stereocenters. The average Bonchev–Trinajstić information content (AvgIpc) is 3.01. The van der Waals surface area contributed by atoms with E-state index >= 15 is 0 Å². The first-order valence-corrected chi connectivity index (χ1v) is 7.01. The molecular formula is C11H18O3S. The van der Waals surface area contributed by atoms with Crippen LogP contribution in [0.25, 0.3) is 0 Å². The molecule has 2 aliphatic rings. The minimum absolute atomic E-state index is 0.00921. The molecule has 15 heavy (non-hydrogen) atoms. The van der Waals surface area contributed by atoms with Gasteiger partial charge in [0.25, 0.3) is 0 Å². The summed E-state index contributed by atoms with van der Waals surface area (Å²) in [5, 5.41) is 0. The van der Waals surface area contributed by atoms with Gasteiger partial charge in [-0.15, -0.1) is 0 Å². The van der Waals surface area contributed by atoms with Gasteiger partial charge in [-0.3, -0.25) is 4.79 Å². The normalized spacial score (nSPS) is 33.3. The molecule has 1 saturated heterocycles. The van der Waals surface area contributed by atoms with E-state index in [2.05, 4.69) is 6.26 Å². The van der Waals surface area contributed by atoms with E-state index in [0.717, 1.165) is 31.4 Å². The zero-order valence-electron chi connectivity index (χ0n) is 9.11. The van der Waals surface area contributed by atoms with E-state index in [0.29, 0.717) is 18.8 Å². The van der Waals surface area contributed by atoms with E-state index in [1.165, 1.54) is 0 Å². The number of ether oxygens (including phenoxy) is 2. The molecule has 3 unspecified atom stereocenters. The van der Waals surface area contributed by atoms with Gasteiger partial charge in [0.05, 0.1) is 24.7 Å². The standard InChI is InChI=1S/C11H18O3S/c1-15-6-2-5-13-11(12)8-3-4-9-10(7-8)14-9/h8-10H,2-7H2,1H3. The lowest BCUT2D eigenvalue weighted by Gasteiger charge is -2.17. The van der Waals surface area contributed by atoms with Crippen molar-refractivity contribution in [1.82, 2.24) is 0 Å². The monoisotopic (exact) mass is 230 g/mol. The highest BCUT2D eigenvalue weighted by Gasteiger charge is 2.46. The van der Waals surface area contributed by atoms with Crippen LogP contribution in [0.4, 0.5) is 0 Å². The van der Waals surface area contributed by atoms with E-state index in [4.69, 9.17) is 9.47 Å². The maximum absolute atomic E-state index is 11.6. The van der Waals surface area contributed by atoms with Crippen molar-refractivity contribution in [2.24, 2.45) is 5.92 Å². The molecule has 0 N–H and O–H groups in total. The van der Waals surface area contributed by atoms with Crippen LogP contribution in [0.1, 0.15) is 25.7 Å². The van der Waals surface area contributed by atoms with E-state index in [-0.39, 0.29) is 11.9 Å². The Morgan fingerprint density at radius 1 is 1.47 bits per heavy atom. The van der Waals surface area contributed by atoms with E-state index in [9.17, 15) is 4.79 Å². The Kier molecular flexibility index (Phi) is 3.92. The molecule has 0 spiro atoms. The number of hydrogen-bond acceptors (Lipinski definition) is 4. The second-order valence-corrected chi connectivity index (χ2v) is 5.22. The van der Waals surface area contributed by atoms with Crippen LogP contribution in [-0.2, 0) is 14.3 Å². The molecule has 1 aliphatic carbocycles. The maximum atomic E-state index is 11.6. The lowest BCUT2D eigenvalue weighted by atomic mass is 9.89. The van der Waals surface area contributed by atoms with E-state index in [1.54, 1.807) is 11.8 Å². The predicted molar refractivity (Wildman–Crippen MR) is 60.0 cm³/mol. The summed E-state index contributed by atoms with van der Waals surface area (Å²) in [7, 11) is 0. The van der Waals surface area contributed by atoms with Gasteiger partial charge in [-0.2, -0.15) is 11.8 Å². The van der Waals surface area contributed by atoms with Crippen molar-refractivity contribution >= 4 is 17.7 Å². The van der Waals surface area contributed by atoms with Crippen LogP contribution in [0.3, 0.4) is 0 Å². The van der Waals surface area contributed by atoms with Crippen LogP contribution in [0, 0.1) is 5.92 Å². The molecule has 1 aliphatic heterocycles. The summed E-state index contributed by atoms with van der Waals surface area (Å²) in [6, 6.07) is 0. The molecule has 2 rings (SSSR count). The minimum Gasteiger partial charge on any atom is -0.465 e. The molecule has 86 valence electrons. The summed E-state index contributed by atoms with van der Waals surface area (Å²) in [6.45, 7) is 0.575. The highest BCUT2D eigenvalue weighted by atomic mass is 32.2. The summed E-state index contributed by atoms with van der Waals surface area (Å²) < 4.78 is 10.6. The highest BCUT2D eigenvalue weighted by Crippen LogP contribution is 2.39. The quantitative estimate of drug-likeness (QED) is 0.410. The topological polar surface area (TPSA) is 38.8 Å². The Labute approximate surface area is 94.9 Å². The Morgan fingerprint density at radius 3 is 3.07 bits per heavy atom. The van der Waals surface area contributed by atoms with Crippen LogP contribution in [0.15, 0.2) is 0 Å². The second kappa shape index (κ2) is 5.21. The fourth-order valence-corrected chi connectivity index (χ4v) is 2.52. The third-order valence-corrected chi connectivity index (χ3v) is 3.77. The van der Waals surface area contributed by atoms with Crippen molar-refractivity contribution in [3.05, 3.63) is 0 Å². The molecule has 2 fully saturated rings. The Morgan fingerprint density at radius 2 is 2.33 bits per heavy atom. The van der Waals surface area contributed by atoms with Gasteiger partial charge in [0, 0.05) is 0 Å². The molecule has 0 radical (unpaired) electrons. The molecule has 3 nitrogen and oxygen atoms in total. The van der Waals surface area contributed by atoms with Crippen molar-refractivity contribution in [2.75, 3.05) is 18.6 Å². The number of epoxide rings is 1. The third kappa shape index (κ3) is 3.11. The molecule has 0 aromatic heterocycles. The molecule has 4 heteroatoms. The van der Waals surface area contributed by atoms with Gasteiger partial charge >= 0.3 is 5.97 Å². The predicted octanol–water partition coefficient (Wildman–Crippen LogP) is 1.85. The molecule has 1 saturated carbocycles. The van der Waals surface area contributed by atoms with Crippen LogP contribution >= 0.6 is 11.8 Å². The first-order valence-electron chi connectivity index (χ1n) is 5.62. The summed E-state index contributed by atoms with van der Waals surface area (Å²) in [5.41, 5.74) is 0. The van der Waals surface area contributed by atoms with Crippen molar-refractivity contribution in [3.8, 4) is 0 Å². The number of esters is 1. The zero-order valence-corrected chi connectivity index (χ0v) is 9.92. The number of carbonyl (C=O) groups is 1. The third-order valence-electron chi connectivity index (χ3n) is 3.07. The van der Waals surface area contributed by atoms with Crippen LogP contribution in [-0.4, -0.2) is 36.8 Å². The van der Waals surface area contributed by atoms with Gasteiger partial charge in [0.1, 0.15) is 0 Å². The first-order chi connectivity index (χ1) is 7.31. The number of fused-ring (bicyclic) bond motifs is 1. The van der Waals surface area contributed by atoms with Gasteiger partial charge < -0.3 is 9.47 Å². The molecule has 0 aromatic carbocycles. The van der Waals surface area contributed by atoms with Gasteiger partial charge in [-0.25, -0.2) is 0 Å². The largest absolute Gasteiger partial charge is 0.465 e. The molecule has 0 aromatic rings. The average molecular weight is 230 g/mol. The molecule has 0 amide bonds. The maximum Gasteiger partial charge on any atom is 0.309 e. The fraction of sp³-hybridized carbons (Fsp3) is 0.909.